The van der Waals surface area contributed by atoms with E-state index in [2.05, 4.69) is 10.3 Å². The number of ether oxygens (including phenoxy) is 2. The molecule has 0 fully saturated rings. The third kappa shape index (κ3) is 4.55. The monoisotopic (exact) mass is 364 g/mol. The number of carbonyl (C=O) groups excluding carboxylic acids is 2. The maximum absolute atomic E-state index is 12.0. The Labute approximate surface area is 157 Å². The highest BCUT2D eigenvalue weighted by Crippen LogP contribution is 2.25. The molecule has 2 N–H and O–H groups in total. The Bertz CT molecular complexity index is 948. The molecule has 0 spiro atoms. The Balaban J connectivity index is 1.65. The van der Waals surface area contributed by atoms with Crippen LogP contribution in [0.1, 0.15) is 21.5 Å². The molecule has 3 aromatic rings. The van der Waals surface area contributed by atoms with Crippen molar-refractivity contribution in [1.29, 1.82) is 0 Å². The molecule has 138 valence electrons. The van der Waals surface area contributed by atoms with E-state index in [0.29, 0.717) is 11.3 Å². The van der Waals surface area contributed by atoms with Gasteiger partial charge in [-0.15, -0.1) is 0 Å². The van der Waals surface area contributed by atoms with Gasteiger partial charge >= 0.3 is 12.1 Å². The second kappa shape index (κ2) is 8.23. The normalized spacial score (nSPS) is 10.3. The molecule has 0 bridgehead atoms. The van der Waals surface area contributed by atoms with Crippen molar-refractivity contribution in [2.75, 3.05) is 12.4 Å². The summed E-state index contributed by atoms with van der Waals surface area (Å²) in [5.74, 6) is -0.395. The summed E-state index contributed by atoms with van der Waals surface area (Å²) in [6.07, 6.45) is 1.09. The number of hydrogen-bond donors (Lipinski definition) is 2. The molecule has 1 heterocycles. The van der Waals surface area contributed by atoms with Gasteiger partial charge in [0.2, 0.25) is 0 Å². The third-order valence-corrected chi connectivity index (χ3v) is 4.09. The Morgan fingerprint density at radius 3 is 2.56 bits per heavy atom. The lowest BCUT2D eigenvalue weighted by atomic mass is 10.1. The number of H-pyrrole nitrogens is 1. The number of aryl methyl sites for hydroxylation is 1. The molecule has 0 saturated carbocycles. The number of rotatable bonds is 5. The van der Waals surface area contributed by atoms with Crippen molar-refractivity contribution >= 4 is 17.7 Å². The summed E-state index contributed by atoms with van der Waals surface area (Å²) < 4.78 is 9.94. The van der Waals surface area contributed by atoms with Gasteiger partial charge in [-0.05, 0) is 41.8 Å². The number of hydrogen-bond acceptors (Lipinski definition) is 4. The Morgan fingerprint density at radius 2 is 1.85 bits per heavy atom. The van der Waals surface area contributed by atoms with Crippen molar-refractivity contribution in [2.24, 2.45) is 0 Å². The quantitative estimate of drug-likeness (QED) is 0.652. The van der Waals surface area contributed by atoms with Gasteiger partial charge in [-0.1, -0.05) is 36.4 Å². The molecular formula is C21H20N2O4. The first-order valence-electron chi connectivity index (χ1n) is 8.42. The molecule has 1 amide bonds. The van der Waals surface area contributed by atoms with Crippen molar-refractivity contribution in [1.82, 2.24) is 4.98 Å². The van der Waals surface area contributed by atoms with Gasteiger partial charge in [-0.2, -0.15) is 0 Å². The number of aromatic amines is 1. The highest BCUT2D eigenvalue weighted by Gasteiger charge is 2.11. The third-order valence-electron chi connectivity index (χ3n) is 4.09. The predicted molar refractivity (Wildman–Crippen MR) is 103 cm³/mol. The lowest BCUT2D eigenvalue weighted by Gasteiger charge is -2.10. The molecule has 6 heteroatoms. The van der Waals surface area contributed by atoms with E-state index in [9.17, 15) is 9.59 Å². The molecular weight excluding hydrogens is 344 g/mol. The van der Waals surface area contributed by atoms with E-state index in [-0.39, 0.29) is 6.61 Å². The molecule has 0 radical (unpaired) electrons. The fourth-order valence-corrected chi connectivity index (χ4v) is 2.64. The fraction of sp³-hybridized carbons (Fsp3) is 0.143. The van der Waals surface area contributed by atoms with Gasteiger partial charge in [0.05, 0.1) is 12.7 Å². The standard InChI is InChI=1S/C21H20N2O4/c1-14-10-16(19-11-17(12-22-19)20(24)26-2)8-9-18(14)23-21(25)27-13-15-6-4-3-5-7-15/h3-12,22H,13H2,1-2H3,(H,23,25). The van der Waals surface area contributed by atoms with Gasteiger partial charge in [-0.25, -0.2) is 9.59 Å². The number of nitrogens with one attached hydrogen (secondary N) is 2. The van der Waals surface area contributed by atoms with Gasteiger partial charge in [0.1, 0.15) is 6.61 Å². The zero-order valence-electron chi connectivity index (χ0n) is 15.1. The summed E-state index contributed by atoms with van der Waals surface area (Å²) in [7, 11) is 1.34. The van der Waals surface area contributed by atoms with Crippen LogP contribution in [0.5, 0.6) is 0 Å². The minimum absolute atomic E-state index is 0.211. The second-order valence-electron chi connectivity index (χ2n) is 6.01. The zero-order valence-corrected chi connectivity index (χ0v) is 15.1. The molecule has 3 rings (SSSR count). The summed E-state index contributed by atoms with van der Waals surface area (Å²) in [6, 6.07) is 16.8. The average Bonchev–Trinajstić information content (AvgIpc) is 3.18. The maximum atomic E-state index is 12.0. The molecule has 0 aliphatic rings. The van der Waals surface area contributed by atoms with E-state index in [0.717, 1.165) is 22.4 Å². The first-order chi connectivity index (χ1) is 13.1. The molecule has 0 aliphatic heterocycles. The van der Waals surface area contributed by atoms with Crippen molar-refractivity contribution in [3.63, 3.8) is 0 Å². The Hall–Kier alpha value is -3.54. The number of esters is 1. The van der Waals surface area contributed by atoms with Crippen LogP contribution in [0.4, 0.5) is 10.5 Å². The number of anilines is 1. The molecule has 0 saturated heterocycles. The van der Waals surface area contributed by atoms with E-state index in [1.165, 1.54) is 7.11 Å². The van der Waals surface area contributed by atoms with Crippen LogP contribution in [0.15, 0.2) is 60.8 Å². The van der Waals surface area contributed by atoms with Gasteiger partial charge in [0, 0.05) is 17.6 Å². The lowest BCUT2D eigenvalue weighted by molar-refractivity contribution is 0.0601. The van der Waals surface area contributed by atoms with Crippen molar-refractivity contribution < 1.29 is 19.1 Å². The van der Waals surface area contributed by atoms with E-state index < -0.39 is 12.1 Å². The minimum Gasteiger partial charge on any atom is -0.465 e. The number of methoxy groups -OCH3 is 1. The SMILES string of the molecule is COC(=O)c1c[nH]c(-c2ccc(NC(=O)OCc3ccccc3)c(C)c2)c1. The van der Waals surface area contributed by atoms with Crippen LogP contribution in [0.25, 0.3) is 11.3 Å². The highest BCUT2D eigenvalue weighted by molar-refractivity contribution is 5.91. The van der Waals surface area contributed by atoms with E-state index in [4.69, 9.17) is 9.47 Å². The first kappa shape index (κ1) is 18.3. The molecule has 0 unspecified atom stereocenters. The Kier molecular flexibility index (Phi) is 5.56. The predicted octanol–water partition coefficient (Wildman–Crippen LogP) is 4.53. The number of amides is 1. The average molecular weight is 364 g/mol. The van der Waals surface area contributed by atoms with Crippen LogP contribution >= 0.6 is 0 Å². The number of benzene rings is 2. The van der Waals surface area contributed by atoms with Crippen molar-refractivity contribution in [3.8, 4) is 11.3 Å². The van der Waals surface area contributed by atoms with Crippen molar-refractivity contribution in [3.05, 3.63) is 77.5 Å². The van der Waals surface area contributed by atoms with Crippen LogP contribution in [-0.2, 0) is 16.1 Å². The molecule has 6 nitrogen and oxygen atoms in total. The molecule has 27 heavy (non-hydrogen) atoms. The second-order valence-corrected chi connectivity index (χ2v) is 6.01. The number of aromatic nitrogens is 1. The van der Waals surface area contributed by atoms with Crippen molar-refractivity contribution in [2.45, 2.75) is 13.5 Å². The summed E-state index contributed by atoms with van der Waals surface area (Å²) >= 11 is 0. The van der Waals surface area contributed by atoms with Crippen LogP contribution in [0.2, 0.25) is 0 Å². The van der Waals surface area contributed by atoms with E-state index in [1.54, 1.807) is 18.3 Å². The largest absolute Gasteiger partial charge is 0.465 e. The lowest BCUT2D eigenvalue weighted by Crippen LogP contribution is -2.14. The van der Waals surface area contributed by atoms with Gasteiger partial charge in [0.15, 0.2) is 0 Å². The Morgan fingerprint density at radius 1 is 1.07 bits per heavy atom. The van der Waals surface area contributed by atoms with Crippen LogP contribution in [0, 0.1) is 6.92 Å². The van der Waals surface area contributed by atoms with Crippen LogP contribution in [0.3, 0.4) is 0 Å². The first-order valence-corrected chi connectivity index (χ1v) is 8.42. The topological polar surface area (TPSA) is 80.4 Å². The molecule has 0 aliphatic carbocycles. The van der Waals surface area contributed by atoms with Gasteiger partial charge in [-0.3, -0.25) is 5.32 Å². The van der Waals surface area contributed by atoms with Crippen LogP contribution < -0.4 is 5.32 Å². The minimum atomic E-state index is -0.512. The number of carbonyl (C=O) groups is 2. The van der Waals surface area contributed by atoms with Crippen LogP contribution in [-0.4, -0.2) is 24.2 Å². The summed E-state index contributed by atoms with van der Waals surface area (Å²) in [5.41, 5.74) is 4.60. The zero-order chi connectivity index (χ0) is 19.2. The summed E-state index contributed by atoms with van der Waals surface area (Å²) in [6.45, 7) is 2.10. The maximum Gasteiger partial charge on any atom is 0.411 e. The molecule has 1 aromatic heterocycles. The fourth-order valence-electron chi connectivity index (χ4n) is 2.64. The van der Waals surface area contributed by atoms with E-state index in [1.807, 2.05) is 49.4 Å². The highest BCUT2D eigenvalue weighted by atomic mass is 16.5. The smallest absolute Gasteiger partial charge is 0.411 e. The summed E-state index contributed by atoms with van der Waals surface area (Å²) in [5, 5.41) is 2.75. The van der Waals surface area contributed by atoms with E-state index >= 15 is 0 Å². The molecule has 0 atom stereocenters. The summed E-state index contributed by atoms with van der Waals surface area (Å²) in [4.78, 5) is 26.6. The van der Waals surface area contributed by atoms with Gasteiger partial charge < -0.3 is 14.5 Å². The van der Waals surface area contributed by atoms with Gasteiger partial charge in [0.25, 0.3) is 0 Å². The molecule has 2 aromatic carbocycles.